The molecule has 0 radical (unpaired) electrons. The molecule has 0 aromatic heterocycles. The van der Waals surface area contributed by atoms with Crippen LogP contribution in [0.4, 0.5) is 0 Å². The van der Waals surface area contributed by atoms with E-state index in [9.17, 15) is 0 Å². The Hall–Kier alpha value is -1.06. The predicted molar refractivity (Wildman–Crippen MR) is 86.9 cm³/mol. The number of hydrogen-bond acceptors (Lipinski definition) is 3. The molecule has 2 aliphatic heterocycles. The number of para-hydroxylation sites is 1. The molecule has 3 atom stereocenters. The van der Waals surface area contributed by atoms with Crippen LogP contribution in [-0.4, -0.2) is 31.3 Å². The standard InChI is InChI=1S/C18H28N2O/c1-14(11-16-8-3-2-6-10-19-16)20-17-12-15-7-4-5-9-18(15)21-13-17/h4-5,7,9,14,16-17,19-20H,2-3,6,8,10-13H2,1H3. The van der Waals surface area contributed by atoms with Crippen LogP contribution >= 0.6 is 0 Å². The lowest BCUT2D eigenvalue weighted by Gasteiger charge is -2.30. The maximum absolute atomic E-state index is 5.87. The quantitative estimate of drug-likeness (QED) is 0.894. The van der Waals surface area contributed by atoms with E-state index in [1.807, 2.05) is 6.07 Å². The van der Waals surface area contributed by atoms with E-state index in [1.54, 1.807) is 0 Å². The Morgan fingerprint density at radius 3 is 3.14 bits per heavy atom. The SMILES string of the molecule is CC(CC1CCCCCN1)NC1COc2ccccc2C1. The Morgan fingerprint density at radius 1 is 1.29 bits per heavy atom. The maximum atomic E-state index is 5.87. The summed E-state index contributed by atoms with van der Waals surface area (Å²) in [5, 5.41) is 7.46. The van der Waals surface area contributed by atoms with Gasteiger partial charge in [-0.2, -0.15) is 0 Å². The van der Waals surface area contributed by atoms with Gasteiger partial charge in [-0.25, -0.2) is 0 Å². The average molecular weight is 288 g/mol. The Morgan fingerprint density at radius 2 is 2.19 bits per heavy atom. The molecule has 2 aliphatic rings. The van der Waals surface area contributed by atoms with Crippen molar-refractivity contribution in [2.24, 2.45) is 0 Å². The molecule has 2 heterocycles. The maximum Gasteiger partial charge on any atom is 0.122 e. The average Bonchev–Trinajstić information content (AvgIpc) is 2.75. The van der Waals surface area contributed by atoms with Crippen molar-refractivity contribution < 1.29 is 4.74 Å². The second-order valence-corrected chi connectivity index (χ2v) is 6.62. The van der Waals surface area contributed by atoms with E-state index in [1.165, 1.54) is 44.2 Å². The highest BCUT2D eigenvalue weighted by molar-refractivity contribution is 5.35. The zero-order chi connectivity index (χ0) is 14.5. The molecule has 1 aromatic carbocycles. The van der Waals surface area contributed by atoms with Crippen LogP contribution in [0.2, 0.25) is 0 Å². The fourth-order valence-corrected chi connectivity index (χ4v) is 3.63. The molecule has 0 saturated carbocycles. The Kier molecular flexibility index (Phi) is 5.15. The summed E-state index contributed by atoms with van der Waals surface area (Å²) in [5.74, 6) is 1.06. The lowest BCUT2D eigenvalue weighted by molar-refractivity contribution is 0.223. The highest BCUT2D eigenvalue weighted by atomic mass is 16.5. The van der Waals surface area contributed by atoms with Gasteiger partial charge in [0.25, 0.3) is 0 Å². The van der Waals surface area contributed by atoms with Gasteiger partial charge in [-0.15, -0.1) is 0 Å². The lowest BCUT2D eigenvalue weighted by atomic mass is 9.99. The van der Waals surface area contributed by atoms with Crippen molar-refractivity contribution in [3.05, 3.63) is 29.8 Å². The molecule has 2 N–H and O–H groups in total. The van der Waals surface area contributed by atoms with Crippen LogP contribution in [0, 0.1) is 0 Å². The first-order valence-corrected chi connectivity index (χ1v) is 8.51. The molecule has 3 rings (SSSR count). The summed E-state index contributed by atoms with van der Waals surface area (Å²) in [4.78, 5) is 0. The second kappa shape index (κ2) is 7.28. The molecule has 0 spiro atoms. The molecule has 21 heavy (non-hydrogen) atoms. The number of fused-ring (bicyclic) bond motifs is 1. The van der Waals surface area contributed by atoms with Crippen LogP contribution < -0.4 is 15.4 Å². The highest BCUT2D eigenvalue weighted by Gasteiger charge is 2.22. The van der Waals surface area contributed by atoms with Crippen molar-refractivity contribution in [2.45, 2.75) is 63.6 Å². The first-order valence-electron chi connectivity index (χ1n) is 8.51. The number of rotatable bonds is 4. The fraction of sp³-hybridized carbons (Fsp3) is 0.667. The van der Waals surface area contributed by atoms with Crippen LogP contribution in [0.25, 0.3) is 0 Å². The number of benzene rings is 1. The number of hydrogen-bond donors (Lipinski definition) is 2. The van der Waals surface area contributed by atoms with Gasteiger partial charge < -0.3 is 15.4 Å². The van der Waals surface area contributed by atoms with Crippen LogP contribution in [0.5, 0.6) is 5.75 Å². The van der Waals surface area contributed by atoms with Crippen molar-refractivity contribution in [2.75, 3.05) is 13.2 Å². The fourth-order valence-electron chi connectivity index (χ4n) is 3.63. The van der Waals surface area contributed by atoms with E-state index in [-0.39, 0.29) is 0 Å². The van der Waals surface area contributed by atoms with E-state index in [0.29, 0.717) is 18.1 Å². The van der Waals surface area contributed by atoms with Crippen molar-refractivity contribution in [3.8, 4) is 5.75 Å². The molecule has 3 heteroatoms. The molecule has 116 valence electrons. The summed E-state index contributed by atoms with van der Waals surface area (Å²) in [5.41, 5.74) is 1.33. The predicted octanol–water partition coefficient (Wildman–Crippen LogP) is 2.89. The van der Waals surface area contributed by atoms with Crippen molar-refractivity contribution in [1.29, 1.82) is 0 Å². The largest absolute Gasteiger partial charge is 0.492 e. The monoisotopic (exact) mass is 288 g/mol. The number of nitrogens with one attached hydrogen (secondary N) is 2. The van der Waals surface area contributed by atoms with Crippen molar-refractivity contribution in [3.63, 3.8) is 0 Å². The van der Waals surface area contributed by atoms with E-state index in [2.05, 4.69) is 35.8 Å². The molecule has 1 saturated heterocycles. The summed E-state index contributed by atoms with van der Waals surface area (Å²) < 4.78 is 5.87. The van der Waals surface area contributed by atoms with Crippen LogP contribution in [0.1, 0.15) is 44.6 Å². The molecule has 0 bridgehead atoms. The van der Waals surface area contributed by atoms with Gasteiger partial charge in [0, 0.05) is 18.1 Å². The minimum atomic E-state index is 0.445. The van der Waals surface area contributed by atoms with Crippen LogP contribution in [-0.2, 0) is 6.42 Å². The van der Waals surface area contributed by atoms with E-state index in [4.69, 9.17) is 4.74 Å². The zero-order valence-electron chi connectivity index (χ0n) is 13.1. The van der Waals surface area contributed by atoms with Gasteiger partial charge in [0.1, 0.15) is 12.4 Å². The summed E-state index contributed by atoms with van der Waals surface area (Å²) in [6, 6.07) is 10.1. The van der Waals surface area contributed by atoms with Gasteiger partial charge >= 0.3 is 0 Å². The van der Waals surface area contributed by atoms with E-state index >= 15 is 0 Å². The minimum absolute atomic E-state index is 0.445. The first-order chi connectivity index (χ1) is 10.3. The van der Waals surface area contributed by atoms with E-state index in [0.717, 1.165) is 18.8 Å². The van der Waals surface area contributed by atoms with Gasteiger partial charge in [0.2, 0.25) is 0 Å². The Balaban J connectivity index is 1.48. The molecule has 0 aliphatic carbocycles. The van der Waals surface area contributed by atoms with Gasteiger partial charge in [-0.05, 0) is 50.8 Å². The molecule has 1 fully saturated rings. The third-order valence-corrected chi connectivity index (χ3v) is 4.70. The zero-order valence-corrected chi connectivity index (χ0v) is 13.1. The summed E-state index contributed by atoms with van der Waals surface area (Å²) in [6.07, 6.45) is 7.74. The molecular formula is C18H28N2O. The Bertz CT molecular complexity index is 441. The molecule has 0 amide bonds. The minimum Gasteiger partial charge on any atom is -0.492 e. The van der Waals surface area contributed by atoms with E-state index < -0.39 is 0 Å². The summed E-state index contributed by atoms with van der Waals surface area (Å²) in [6.45, 7) is 4.30. The summed E-state index contributed by atoms with van der Waals surface area (Å²) in [7, 11) is 0. The highest BCUT2D eigenvalue weighted by Crippen LogP contribution is 2.24. The Labute approximate surface area is 128 Å². The van der Waals surface area contributed by atoms with Crippen LogP contribution in [0.15, 0.2) is 24.3 Å². The van der Waals surface area contributed by atoms with Gasteiger partial charge in [-0.3, -0.25) is 0 Å². The lowest BCUT2D eigenvalue weighted by Crippen LogP contribution is -2.46. The van der Waals surface area contributed by atoms with Gasteiger partial charge in [0.15, 0.2) is 0 Å². The van der Waals surface area contributed by atoms with Crippen molar-refractivity contribution in [1.82, 2.24) is 10.6 Å². The summed E-state index contributed by atoms with van der Waals surface area (Å²) >= 11 is 0. The van der Waals surface area contributed by atoms with Crippen molar-refractivity contribution >= 4 is 0 Å². The molecule has 3 unspecified atom stereocenters. The third-order valence-electron chi connectivity index (χ3n) is 4.70. The topological polar surface area (TPSA) is 33.3 Å². The molecule has 3 nitrogen and oxygen atoms in total. The molecule has 1 aromatic rings. The third kappa shape index (κ3) is 4.21. The number of ether oxygens (including phenoxy) is 1. The normalized spacial score (nSPS) is 27.3. The second-order valence-electron chi connectivity index (χ2n) is 6.62. The van der Waals surface area contributed by atoms with Gasteiger partial charge in [-0.1, -0.05) is 31.0 Å². The first kappa shape index (κ1) is 14.9. The van der Waals surface area contributed by atoms with Gasteiger partial charge in [0.05, 0.1) is 0 Å². The molecular weight excluding hydrogens is 260 g/mol. The smallest absolute Gasteiger partial charge is 0.122 e. The van der Waals surface area contributed by atoms with Crippen LogP contribution in [0.3, 0.4) is 0 Å².